The second kappa shape index (κ2) is 7.38. The second-order valence-corrected chi connectivity index (χ2v) is 5.38. The summed E-state index contributed by atoms with van der Waals surface area (Å²) in [6.07, 6.45) is 1.78. The predicted molar refractivity (Wildman–Crippen MR) is 70.3 cm³/mol. The number of hydrogen-bond donors (Lipinski definition) is 0. The average Bonchev–Trinajstić information content (AvgIpc) is 2.31. The molecular weight excluding hydrogens is 237 g/mol. The van der Waals surface area contributed by atoms with Gasteiger partial charge in [0.15, 0.2) is 0 Å². The van der Waals surface area contributed by atoms with Gasteiger partial charge in [0.05, 0.1) is 25.1 Å². The molecule has 0 spiro atoms. The number of benzene rings is 1. The van der Waals surface area contributed by atoms with E-state index in [0.717, 1.165) is 5.69 Å². The molecule has 17 heavy (non-hydrogen) atoms. The highest BCUT2D eigenvalue weighted by molar-refractivity contribution is 7.54. The van der Waals surface area contributed by atoms with E-state index in [4.69, 9.17) is 9.05 Å². The summed E-state index contributed by atoms with van der Waals surface area (Å²) < 4.78 is 22.4. The van der Waals surface area contributed by atoms with Gasteiger partial charge in [-0.2, -0.15) is 0 Å². The van der Waals surface area contributed by atoms with Crippen LogP contribution in [0.5, 0.6) is 0 Å². The maximum atomic E-state index is 12.1. The normalized spacial score (nSPS) is 12.1. The minimum atomic E-state index is -3.01. The van der Waals surface area contributed by atoms with Crippen LogP contribution in [0.4, 0.5) is 5.69 Å². The van der Waals surface area contributed by atoms with E-state index in [2.05, 4.69) is 4.99 Å². The van der Waals surface area contributed by atoms with Crippen molar-refractivity contribution >= 4 is 19.5 Å². The zero-order valence-corrected chi connectivity index (χ0v) is 11.1. The highest BCUT2D eigenvalue weighted by Crippen LogP contribution is 2.47. The molecule has 4 nitrogen and oxygen atoms in total. The van der Waals surface area contributed by atoms with Crippen molar-refractivity contribution in [2.45, 2.75) is 13.8 Å². The average molecular weight is 255 g/mol. The van der Waals surface area contributed by atoms with Gasteiger partial charge in [-0.15, -0.1) is 0 Å². The van der Waals surface area contributed by atoms with Crippen LogP contribution in [0, 0.1) is 0 Å². The molecule has 0 saturated heterocycles. The van der Waals surface area contributed by atoms with Crippen LogP contribution in [0.2, 0.25) is 0 Å². The van der Waals surface area contributed by atoms with E-state index in [-0.39, 0.29) is 6.16 Å². The van der Waals surface area contributed by atoms with Crippen molar-refractivity contribution in [3.05, 3.63) is 30.3 Å². The number of aliphatic imine (C=N–C) groups is 1. The van der Waals surface area contributed by atoms with Crippen LogP contribution in [0.15, 0.2) is 35.3 Å². The highest BCUT2D eigenvalue weighted by atomic mass is 31.2. The van der Waals surface area contributed by atoms with Crippen molar-refractivity contribution in [2.75, 3.05) is 19.4 Å². The Kier molecular flexibility index (Phi) is 6.12. The number of para-hydroxylation sites is 1. The quantitative estimate of drug-likeness (QED) is 0.552. The Balaban J connectivity index is 2.58. The lowest BCUT2D eigenvalue weighted by atomic mass is 10.3. The van der Waals surface area contributed by atoms with Gasteiger partial charge in [0.1, 0.15) is 0 Å². The third-order valence-electron chi connectivity index (χ3n) is 1.95. The second-order valence-electron chi connectivity index (χ2n) is 3.28. The SMILES string of the molecule is CCOP(=O)(CC=Nc1ccccc1)OCC. The molecule has 0 unspecified atom stereocenters. The van der Waals surface area contributed by atoms with Crippen LogP contribution < -0.4 is 0 Å². The van der Waals surface area contributed by atoms with Crippen LogP contribution in [-0.2, 0) is 13.6 Å². The summed E-state index contributed by atoms with van der Waals surface area (Å²) in [7, 11) is -3.01. The summed E-state index contributed by atoms with van der Waals surface area (Å²) in [5, 5.41) is 0. The van der Waals surface area contributed by atoms with Crippen LogP contribution in [0.1, 0.15) is 13.8 Å². The maximum Gasteiger partial charge on any atom is 0.335 e. The first-order chi connectivity index (χ1) is 8.20. The molecule has 0 heterocycles. The van der Waals surface area contributed by atoms with E-state index >= 15 is 0 Å². The molecule has 0 radical (unpaired) electrons. The third-order valence-corrected chi connectivity index (χ3v) is 3.87. The van der Waals surface area contributed by atoms with Crippen LogP contribution in [-0.4, -0.2) is 25.6 Å². The Labute approximate surface area is 102 Å². The highest BCUT2D eigenvalue weighted by Gasteiger charge is 2.21. The lowest BCUT2D eigenvalue weighted by molar-refractivity contribution is 0.223. The van der Waals surface area contributed by atoms with Gasteiger partial charge in [-0.05, 0) is 26.0 Å². The molecule has 0 amide bonds. The molecule has 0 bridgehead atoms. The van der Waals surface area contributed by atoms with E-state index in [1.165, 1.54) is 0 Å². The van der Waals surface area contributed by atoms with Crippen LogP contribution in [0.25, 0.3) is 0 Å². The molecule has 0 saturated carbocycles. The standard InChI is InChI=1S/C12H18NO3P/c1-3-15-17(14,16-4-2)11-10-13-12-8-6-5-7-9-12/h5-10H,3-4,11H2,1-2H3. The molecule has 1 rings (SSSR count). The summed E-state index contributed by atoms with van der Waals surface area (Å²) in [4.78, 5) is 4.20. The Morgan fingerprint density at radius 3 is 2.29 bits per heavy atom. The van der Waals surface area contributed by atoms with Gasteiger partial charge in [0.25, 0.3) is 0 Å². The molecule has 0 aliphatic heterocycles. The fourth-order valence-electron chi connectivity index (χ4n) is 1.30. The van der Waals surface area contributed by atoms with E-state index in [9.17, 15) is 4.57 Å². The molecule has 0 aliphatic carbocycles. The zero-order chi connectivity index (χ0) is 12.6. The van der Waals surface area contributed by atoms with Gasteiger partial charge in [-0.3, -0.25) is 9.56 Å². The lowest BCUT2D eigenvalue weighted by Crippen LogP contribution is -2.00. The van der Waals surface area contributed by atoms with Crippen molar-refractivity contribution in [3.63, 3.8) is 0 Å². The lowest BCUT2D eigenvalue weighted by Gasteiger charge is -2.14. The Hall–Kier alpha value is -0.960. The number of nitrogens with zero attached hydrogens (tertiary/aromatic N) is 1. The molecule has 1 aromatic carbocycles. The molecule has 0 aliphatic rings. The molecule has 0 atom stereocenters. The summed E-state index contributed by atoms with van der Waals surface area (Å²) in [6.45, 7) is 4.33. The maximum absolute atomic E-state index is 12.1. The number of rotatable bonds is 7. The number of hydrogen-bond acceptors (Lipinski definition) is 4. The summed E-state index contributed by atoms with van der Waals surface area (Å²) in [6, 6.07) is 9.48. The third kappa shape index (κ3) is 5.26. The topological polar surface area (TPSA) is 47.9 Å². The fourth-order valence-corrected chi connectivity index (χ4v) is 2.65. The van der Waals surface area contributed by atoms with Gasteiger partial charge in [-0.25, -0.2) is 0 Å². The minimum absolute atomic E-state index is 0.198. The van der Waals surface area contributed by atoms with Gasteiger partial charge in [0.2, 0.25) is 0 Å². The van der Waals surface area contributed by atoms with Crippen molar-refractivity contribution in [1.82, 2.24) is 0 Å². The molecule has 1 aromatic rings. The van der Waals surface area contributed by atoms with Gasteiger partial charge in [-0.1, -0.05) is 18.2 Å². The first-order valence-corrected chi connectivity index (χ1v) is 7.38. The molecule has 0 aromatic heterocycles. The van der Waals surface area contributed by atoms with Crippen LogP contribution >= 0.6 is 7.60 Å². The van der Waals surface area contributed by atoms with Crippen molar-refractivity contribution in [1.29, 1.82) is 0 Å². The zero-order valence-electron chi connectivity index (χ0n) is 10.2. The molecule has 5 heteroatoms. The fraction of sp³-hybridized carbons (Fsp3) is 0.417. The Morgan fingerprint density at radius 2 is 1.76 bits per heavy atom. The molecular formula is C12H18NO3P. The summed E-state index contributed by atoms with van der Waals surface area (Å²) >= 11 is 0. The first-order valence-electron chi connectivity index (χ1n) is 5.66. The minimum Gasteiger partial charge on any atom is -0.309 e. The smallest absolute Gasteiger partial charge is 0.309 e. The van der Waals surface area contributed by atoms with Crippen molar-refractivity contribution in [3.8, 4) is 0 Å². The van der Waals surface area contributed by atoms with Crippen LogP contribution in [0.3, 0.4) is 0 Å². The molecule has 0 N–H and O–H groups in total. The van der Waals surface area contributed by atoms with E-state index < -0.39 is 7.60 Å². The van der Waals surface area contributed by atoms with Gasteiger partial charge >= 0.3 is 7.60 Å². The summed E-state index contributed by atoms with van der Waals surface area (Å²) in [5.74, 6) is 0. The molecule has 94 valence electrons. The Bertz CT molecular complexity index is 382. The monoisotopic (exact) mass is 255 g/mol. The van der Waals surface area contributed by atoms with Crippen molar-refractivity contribution < 1.29 is 13.6 Å². The Morgan fingerprint density at radius 1 is 1.18 bits per heavy atom. The van der Waals surface area contributed by atoms with Crippen molar-refractivity contribution in [2.24, 2.45) is 4.99 Å². The van der Waals surface area contributed by atoms with E-state index in [1.807, 2.05) is 30.3 Å². The van der Waals surface area contributed by atoms with E-state index in [1.54, 1.807) is 20.1 Å². The first kappa shape index (κ1) is 14.1. The largest absolute Gasteiger partial charge is 0.335 e. The summed E-state index contributed by atoms with van der Waals surface area (Å²) in [5.41, 5.74) is 0.826. The van der Waals surface area contributed by atoms with E-state index in [0.29, 0.717) is 13.2 Å². The van der Waals surface area contributed by atoms with Gasteiger partial charge < -0.3 is 9.05 Å². The molecule has 0 fully saturated rings. The van der Waals surface area contributed by atoms with Gasteiger partial charge in [0, 0.05) is 6.21 Å². The predicted octanol–water partition coefficient (Wildman–Crippen LogP) is 3.66.